The molecule has 8 heteroatoms. The molecule has 1 aliphatic carbocycles. The van der Waals surface area contributed by atoms with E-state index in [-0.39, 0.29) is 43.4 Å². The number of benzene rings is 1. The van der Waals surface area contributed by atoms with E-state index in [0.717, 1.165) is 23.4 Å². The van der Waals surface area contributed by atoms with Crippen molar-refractivity contribution < 1.29 is 18.8 Å². The summed E-state index contributed by atoms with van der Waals surface area (Å²) in [7, 11) is 0. The summed E-state index contributed by atoms with van der Waals surface area (Å²) in [6, 6.07) is 11.3. The van der Waals surface area contributed by atoms with Gasteiger partial charge in [-0.2, -0.15) is 0 Å². The van der Waals surface area contributed by atoms with Gasteiger partial charge in [-0.05, 0) is 37.1 Å². The zero-order chi connectivity index (χ0) is 19.5. The number of furan rings is 1. The number of amides is 3. The van der Waals surface area contributed by atoms with Gasteiger partial charge >= 0.3 is 0 Å². The summed E-state index contributed by atoms with van der Waals surface area (Å²) in [5, 5.41) is 2.90. The molecule has 7 nitrogen and oxygen atoms in total. The third kappa shape index (κ3) is 4.39. The molecule has 0 atom stereocenters. The normalized spacial score (nSPS) is 15.9. The number of rotatable bonds is 7. The van der Waals surface area contributed by atoms with Crippen molar-refractivity contribution in [3.8, 4) is 0 Å². The zero-order valence-corrected chi connectivity index (χ0v) is 16.1. The Morgan fingerprint density at radius 3 is 2.79 bits per heavy atom. The number of thioether (sulfide) groups is 1. The molecule has 0 spiro atoms. The molecule has 1 saturated carbocycles. The number of hydrogen-bond acceptors (Lipinski definition) is 5. The minimum atomic E-state index is -0.294. The fourth-order valence-electron chi connectivity index (χ4n) is 3.06. The van der Waals surface area contributed by atoms with E-state index >= 15 is 0 Å². The highest BCUT2D eigenvalue weighted by molar-refractivity contribution is 8.00. The smallest absolute Gasteiger partial charge is 0.243 e. The molecule has 1 aromatic heterocycles. The predicted octanol–water partition coefficient (Wildman–Crippen LogP) is 2.03. The second-order valence-corrected chi connectivity index (χ2v) is 7.92. The molecule has 1 fully saturated rings. The average Bonchev–Trinajstić information content (AvgIpc) is 3.34. The first kappa shape index (κ1) is 18.6. The van der Waals surface area contributed by atoms with Gasteiger partial charge in [0.05, 0.1) is 24.2 Å². The summed E-state index contributed by atoms with van der Waals surface area (Å²) in [4.78, 5) is 41.7. The van der Waals surface area contributed by atoms with E-state index in [2.05, 4.69) is 5.32 Å². The Morgan fingerprint density at radius 1 is 1.21 bits per heavy atom. The number of hydrogen-bond donors (Lipinski definition) is 1. The minimum Gasteiger partial charge on any atom is -0.467 e. The van der Waals surface area contributed by atoms with Gasteiger partial charge in [-0.1, -0.05) is 12.1 Å². The molecule has 1 aliphatic heterocycles. The molecule has 1 N–H and O–H groups in total. The highest BCUT2D eigenvalue weighted by atomic mass is 32.2. The van der Waals surface area contributed by atoms with Gasteiger partial charge in [0, 0.05) is 10.9 Å². The van der Waals surface area contributed by atoms with Crippen molar-refractivity contribution in [3.05, 3.63) is 48.4 Å². The van der Waals surface area contributed by atoms with E-state index in [1.54, 1.807) is 12.1 Å². The lowest BCUT2D eigenvalue weighted by atomic mass is 10.2. The van der Waals surface area contributed by atoms with Crippen LogP contribution >= 0.6 is 11.8 Å². The fraction of sp³-hybridized carbons (Fsp3) is 0.350. The largest absolute Gasteiger partial charge is 0.467 e. The predicted molar refractivity (Wildman–Crippen MR) is 105 cm³/mol. The summed E-state index contributed by atoms with van der Waals surface area (Å²) in [6.07, 6.45) is 3.49. The molecule has 28 heavy (non-hydrogen) atoms. The van der Waals surface area contributed by atoms with E-state index in [1.165, 1.54) is 27.8 Å². The molecular formula is C20H21N3O4S. The Morgan fingerprint density at radius 2 is 2.04 bits per heavy atom. The van der Waals surface area contributed by atoms with Gasteiger partial charge in [0.25, 0.3) is 0 Å². The number of anilines is 1. The molecule has 0 radical (unpaired) electrons. The second-order valence-electron chi connectivity index (χ2n) is 6.91. The highest BCUT2D eigenvalue weighted by Gasteiger charge is 2.30. The summed E-state index contributed by atoms with van der Waals surface area (Å²) in [5.41, 5.74) is 0.734. The van der Waals surface area contributed by atoms with Crippen molar-refractivity contribution in [2.24, 2.45) is 0 Å². The first-order chi connectivity index (χ1) is 13.6. The van der Waals surface area contributed by atoms with Crippen LogP contribution in [0.4, 0.5) is 5.69 Å². The lowest BCUT2D eigenvalue weighted by Crippen LogP contribution is -2.47. The first-order valence-electron chi connectivity index (χ1n) is 9.22. The monoisotopic (exact) mass is 399 g/mol. The van der Waals surface area contributed by atoms with Crippen LogP contribution in [0.15, 0.2) is 52.0 Å². The molecule has 1 aromatic carbocycles. The molecule has 4 rings (SSSR count). The topological polar surface area (TPSA) is 82.9 Å². The summed E-state index contributed by atoms with van der Waals surface area (Å²) < 4.78 is 5.35. The molecule has 2 aromatic rings. The van der Waals surface area contributed by atoms with E-state index in [4.69, 9.17) is 4.42 Å². The Bertz CT molecular complexity index is 879. The van der Waals surface area contributed by atoms with Crippen molar-refractivity contribution >= 4 is 35.2 Å². The molecule has 0 bridgehead atoms. The standard InChI is InChI=1S/C20H21N3O4S/c24-18(21-14-7-8-14)11-22(10-15-4-3-9-27-15)19(25)12-23-16-5-1-2-6-17(16)28-13-20(23)26/h1-6,9,14H,7-8,10-13H2,(H,21,24). The van der Waals surface area contributed by atoms with E-state index in [0.29, 0.717) is 11.5 Å². The van der Waals surface area contributed by atoms with Crippen LogP contribution in [0.3, 0.4) is 0 Å². The first-order valence-corrected chi connectivity index (χ1v) is 10.2. The third-order valence-corrected chi connectivity index (χ3v) is 5.71. The fourth-order valence-corrected chi connectivity index (χ4v) is 4.00. The lowest BCUT2D eigenvalue weighted by molar-refractivity contribution is -0.136. The number of carbonyl (C=O) groups excluding carboxylic acids is 3. The van der Waals surface area contributed by atoms with Crippen molar-refractivity contribution in [1.29, 1.82) is 0 Å². The van der Waals surface area contributed by atoms with Crippen LogP contribution in [0.1, 0.15) is 18.6 Å². The minimum absolute atomic E-state index is 0.0611. The van der Waals surface area contributed by atoms with Crippen molar-refractivity contribution in [3.63, 3.8) is 0 Å². The zero-order valence-electron chi connectivity index (χ0n) is 15.3. The van der Waals surface area contributed by atoms with E-state index < -0.39 is 0 Å². The van der Waals surface area contributed by atoms with Gasteiger partial charge in [-0.15, -0.1) is 11.8 Å². The number of carbonyl (C=O) groups is 3. The van der Waals surface area contributed by atoms with Crippen molar-refractivity contribution in [1.82, 2.24) is 10.2 Å². The number of nitrogens with one attached hydrogen (secondary N) is 1. The second kappa shape index (κ2) is 8.10. The van der Waals surface area contributed by atoms with Crippen molar-refractivity contribution in [2.75, 3.05) is 23.7 Å². The molecule has 2 aliphatic rings. The summed E-state index contributed by atoms with van der Waals surface area (Å²) in [5.74, 6) is 0.289. The van der Waals surface area contributed by atoms with Gasteiger partial charge in [-0.25, -0.2) is 0 Å². The number of nitrogens with zero attached hydrogens (tertiary/aromatic N) is 2. The van der Waals surface area contributed by atoms with Gasteiger partial charge in [0.1, 0.15) is 18.8 Å². The Balaban J connectivity index is 1.49. The van der Waals surface area contributed by atoms with Crippen LogP contribution in [0.2, 0.25) is 0 Å². The Kier molecular flexibility index (Phi) is 5.38. The number of para-hydroxylation sites is 1. The molecule has 2 heterocycles. The molecular weight excluding hydrogens is 378 g/mol. The SMILES string of the molecule is O=C(CN(Cc1ccco1)C(=O)CN1C(=O)CSc2ccccc21)NC1CC1. The maximum atomic E-state index is 13.0. The maximum Gasteiger partial charge on any atom is 0.243 e. The third-order valence-electron chi connectivity index (χ3n) is 4.66. The van der Waals surface area contributed by atoms with Gasteiger partial charge in [0.15, 0.2) is 0 Å². The van der Waals surface area contributed by atoms with Gasteiger partial charge in [0.2, 0.25) is 17.7 Å². The average molecular weight is 399 g/mol. The lowest BCUT2D eigenvalue weighted by Gasteiger charge is -2.30. The molecule has 0 saturated heterocycles. The van der Waals surface area contributed by atoms with E-state index in [9.17, 15) is 14.4 Å². The maximum absolute atomic E-state index is 13.0. The van der Waals surface area contributed by atoms with E-state index in [1.807, 2.05) is 24.3 Å². The van der Waals surface area contributed by atoms with Crippen LogP contribution in [0.25, 0.3) is 0 Å². The van der Waals surface area contributed by atoms with Crippen LogP contribution in [0, 0.1) is 0 Å². The van der Waals surface area contributed by atoms with Crippen LogP contribution in [-0.4, -0.2) is 47.5 Å². The van der Waals surface area contributed by atoms with Crippen molar-refractivity contribution in [2.45, 2.75) is 30.3 Å². The molecule has 146 valence electrons. The molecule has 3 amide bonds. The quantitative estimate of drug-likeness (QED) is 0.770. The number of fused-ring (bicyclic) bond motifs is 1. The Labute approximate surface area is 167 Å². The van der Waals surface area contributed by atoms with Crippen LogP contribution in [0.5, 0.6) is 0 Å². The molecule has 0 unspecified atom stereocenters. The van der Waals surface area contributed by atoms with Crippen LogP contribution < -0.4 is 10.2 Å². The summed E-state index contributed by atoms with van der Waals surface area (Å²) in [6.45, 7) is 0.0185. The van der Waals surface area contributed by atoms with Gasteiger partial charge in [-0.3, -0.25) is 14.4 Å². The highest BCUT2D eigenvalue weighted by Crippen LogP contribution is 2.34. The summed E-state index contributed by atoms with van der Waals surface area (Å²) >= 11 is 1.47. The van der Waals surface area contributed by atoms with Crippen LogP contribution in [-0.2, 0) is 20.9 Å². The Hall–Kier alpha value is -2.74. The van der Waals surface area contributed by atoms with Gasteiger partial charge < -0.3 is 19.5 Å².